The number of thiophene rings is 1. The van der Waals surface area contributed by atoms with Gasteiger partial charge in [0.1, 0.15) is 0 Å². The zero-order valence-corrected chi connectivity index (χ0v) is 11.3. The molecule has 0 fully saturated rings. The van der Waals surface area contributed by atoms with Gasteiger partial charge in [-0.2, -0.15) is 0 Å². The highest BCUT2D eigenvalue weighted by molar-refractivity contribution is 7.10. The van der Waals surface area contributed by atoms with Gasteiger partial charge in [0.25, 0.3) is 5.91 Å². The van der Waals surface area contributed by atoms with Crippen LogP contribution in [0.1, 0.15) is 17.8 Å². The van der Waals surface area contributed by atoms with Gasteiger partial charge in [-0.15, -0.1) is 11.3 Å². The van der Waals surface area contributed by atoms with E-state index in [1.807, 2.05) is 17.5 Å². The number of nitrogens with one attached hydrogen (secondary N) is 2. The lowest BCUT2D eigenvalue weighted by Gasteiger charge is -2.29. The van der Waals surface area contributed by atoms with E-state index >= 15 is 0 Å². The van der Waals surface area contributed by atoms with Gasteiger partial charge in [0.05, 0.1) is 11.6 Å². The van der Waals surface area contributed by atoms with Gasteiger partial charge in [-0.25, -0.2) is 4.79 Å². The van der Waals surface area contributed by atoms with Crippen molar-refractivity contribution < 1.29 is 9.59 Å². The third kappa shape index (κ3) is 2.24. The second-order valence-corrected chi connectivity index (χ2v) is 5.26. The lowest BCUT2D eigenvalue weighted by Crippen LogP contribution is -2.46. The van der Waals surface area contributed by atoms with Gasteiger partial charge >= 0.3 is 6.03 Å². The van der Waals surface area contributed by atoms with E-state index in [1.165, 1.54) is 16.2 Å². The fourth-order valence-electron chi connectivity index (χ4n) is 1.89. The van der Waals surface area contributed by atoms with Crippen LogP contribution in [0.3, 0.4) is 0 Å². The summed E-state index contributed by atoms with van der Waals surface area (Å²) in [4.78, 5) is 26.2. The number of likely N-dealkylation sites (N-methyl/N-ethyl adjacent to an activating group) is 1. The monoisotopic (exact) mass is 265 g/mol. The second-order valence-electron chi connectivity index (χ2n) is 4.29. The van der Waals surface area contributed by atoms with E-state index in [0.717, 1.165) is 4.88 Å². The van der Waals surface area contributed by atoms with Crippen LogP contribution in [-0.4, -0.2) is 30.9 Å². The first-order chi connectivity index (χ1) is 8.50. The van der Waals surface area contributed by atoms with E-state index in [0.29, 0.717) is 11.3 Å². The van der Waals surface area contributed by atoms with Gasteiger partial charge in [0.15, 0.2) is 0 Å². The van der Waals surface area contributed by atoms with Gasteiger partial charge < -0.3 is 15.5 Å². The van der Waals surface area contributed by atoms with Gasteiger partial charge in [0, 0.05) is 24.7 Å². The minimum Gasteiger partial charge on any atom is -0.345 e. The Morgan fingerprint density at radius 3 is 2.72 bits per heavy atom. The van der Waals surface area contributed by atoms with Crippen LogP contribution in [0.2, 0.25) is 0 Å². The SMILES string of the molecule is CC1=C(C(=O)N(C)C)[C@H](c2cccs2)NC(=O)N1. The fourth-order valence-corrected chi connectivity index (χ4v) is 2.67. The third-order valence-corrected chi connectivity index (χ3v) is 3.67. The maximum atomic E-state index is 12.2. The normalized spacial score (nSPS) is 19.3. The van der Waals surface area contributed by atoms with E-state index < -0.39 is 0 Å². The van der Waals surface area contributed by atoms with Crippen LogP contribution in [0.5, 0.6) is 0 Å². The summed E-state index contributed by atoms with van der Waals surface area (Å²) < 4.78 is 0. The van der Waals surface area contributed by atoms with Crippen LogP contribution in [0.4, 0.5) is 4.79 Å². The van der Waals surface area contributed by atoms with E-state index in [4.69, 9.17) is 0 Å². The van der Waals surface area contributed by atoms with Crippen molar-refractivity contribution in [2.45, 2.75) is 13.0 Å². The third-order valence-electron chi connectivity index (χ3n) is 2.73. The van der Waals surface area contributed by atoms with Crippen LogP contribution in [0.25, 0.3) is 0 Å². The molecule has 0 bridgehead atoms. The van der Waals surface area contributed by atoms with Crippen LogP contribution in [-0.2, 0) is 4.79 Å². The fraction of sp³-hybridized carbons (Fsp3) is 0.333. The average Bonchev–Trinajstić information content (AvgIpc) is 2.80. The Kier molecular flexibility index (Phi) is 3.38. The number of carbonyl (C=O) groups excluding carboxylic acids is 2. The molecule has 0 saturated heterocycles. The Morgan fingerprint density at radius 1 is 1.44 bits per heavy atom. The predicted octanol–water partition coefficient (Wildman–Crippen LogP) is 1.46. The smallest absolute Gasteiger partial charge is 0.319 e. The van der Waals surface area contributed by atoms with Gasteiger partial charge in [-0.3, -0.25) is 4.79 Å². The molecule has 2 rings (SSSR count). The zero-order valence-electron chi connectivity index (χ0n) is 10.5. The van der Waals surface area contributed by atoms with E-state index in [9.17, 15) is 9.59 Å². The molecule has 6 heteroatoms. The standard InChI is InChI=1S/C12H15N3O2S/c1-7-9(11(16)15(2)3)10(14-12(17)13-7)8-5-4-6-18-8/h4-6,10H,1-3H3,(H2,13,14,17)/t10-/m0/s1. The van der Waals surface area contributed by atoms with Crippen molar-refractivity contribution in [3.05, 3.63) is 33.7 Å². The molecule has 0 radical (unpaired) electrons. The van der Waals surface area contributed by atoms with E-state index in [2.05, 4.69) is 10.6 Å². The summed E-state index contributed by atoms with van der Waals surface area (Å²) in [5.41, 5.74) is 1.19. The minimum absolute atomic E-state index is 0.0987. The van der Waals surface area contributed by atoms with Gasteiger partial charge in [-0.05, 0) is 18.4 Å². The van der Waals surface area contributed by atoms with Gasteiger partial charge in [0.2, 0.25) is 0 Å². The number of carbonyl (C=O) groups is 2. The predicted molar refractivity (Wildman–Crippen MR) is 70.1 cm³/mol. The molecule has 3 amide bonds. The molecule has 0 saturated carbocycles. The van der Waals surface area contributed by atoms with Crippen LogP contribution >= 0.6 is 11.3 Å². The Balaban J connectivity index is 2.45. The number of urea groups is 1. The molecular weight excluding hydrogens is 250 g/mol. The lowest BCUT2D eigenvalue weighted by atomic mass is 10.0. The summed E-state index contributed by atoms with van der Waals surface area (Å²) in [6.07, 6.45) is 0. The van der Waals surface area contributed by atoms with Crippen LogP contribution in [0.15, 0.2) is 28.8 Å². The van der Waals surface area contributed by atoms with E-state index in [1.54, 1.807) is 21.0 Å². The topological polar surface area (TPSA) is 61.4 Å². The van der Waals surface area contributed by atoms with Crippen molar-refractivity contribution in [3.63, 3.8) is 0 Å². The Bertz CT molecular complexity index is 505. The van der Waals surface area contributed by atoms with Crippen LogP contribution in [0, 0.1) is 0 Å². The molecular formula is C12H15N3O2S. The largest absolute Gasteiger partial charge is 0.345 e. The Hall–Kier alpha value is -1.82. The molecule has 5 nitrogen and oxygen atoms in total. The number of hydrogen-bond acceptors (Lipinski definition) is 3. The maximum absolute atomic E-state index is 12.2. The first kappa shape index (κ1) is 12.6. The van der Waals surface area contributed by atoms with Gasteiger partial charge in [-0.1, -0.05) is 6.07 Å². The second kappa shape index (κ2) is 4.81. The molecule has 0 aliphatic carbocycles. The molecule has 1 atom stereocenters. The average molecular weight is 265 g/mol. The lowest BCUT2D eigenvalue weighted by molar-refractivity contribution is -0.125. The molecule has 0 aromatic carbocycles. The molecule has 1 aromatic rings. The quantitative estimate of drug-likeness (QED) is 0.850. The number of nitrogens with zero attached hydrogens (tertiary/aromatic N) is 1. The summed E-state index contributed by atoms with van der Waals surface area (Å²) in [5.74, 6) is -0.0987. The number of allylic oxidation sites excluding steroid dienone is 1. The first-order valence-corrected chi connectivity index (χ1v) is 6.42. The summed E-state index contributed by atoms with van der Waals surface area (Å²) in [6.45, 7) is 1.75. The molecule has 2 N–H and O–H groups in total. The number of hydrogen-bond donors (Lipinski definition) is 2. The van der Waals surface area contributed by atoms with Crippen molar-refractivity contribution >= 4 is 23.3 Å². The van der Waals surface area contributed by atoms with Crippen LogP contribution < -0.4 is 10.6 Å². The molecule has 18 heavy (non-hydrogen) atoms. The van der Waals surface area contributed by atoms with Crippen molar-refractivity contribution in [1.82, 2.24) is 15.5 Å². The maximum Gasteiger partial charge on any atom is 0.319 e. The van der Waals surface area contributed by atoms with Crippen molar-refractivity contribution in [1.29, 1.82) is 0 Å². The highest BCUT2D eigenvalue weighted by atomic mass is 32.1. The zero-order chi connectivity index (χ0) is 13.3. The number of amides is 3. The Morgan fingerprint density at radius 2 is 2.17 bits per heavy atom. The summed E-state index contributed by atoms with van der Waals surface area (Å²) in [7, 11) is 3.40. The first-order valence-electron chi connectivity index (χ1n) is 5.54. The van der Waals surface area contributed by atoms with E-state index in [-0.39, 0.29) is 18.0 Å². The summed E-state index contributed by atoms with van der Waals surface area (Å²) in [6, 6.07) is 3.17. The molecule has 0 unspecified atom stereocenters. The number of rotatable bonds is 2. The highest BCUT2D eigenvalue weighted by Crippen LogP contribution is 2.30. The molecule has 1 aliphatic heterocycles. The molecule has 96 valence electrons. The summed E-state index contributed by atoms with van der Waals surface area (Å²) >= 11 is 1.52. The Labute approximate surface area is 109 Å². The minimum atomic E-state index is -0.367. The van der Waals surface area contributed by atoms with Crippen molar-refractivity contribution in [3.8, 4) is 0 Å². The van der Waals surface area contributed by atoms with Crippen molar-refractivity contribution in [2.75, 3.05) is 14.1 Å². The molecule has 1 aromatic heterocycles. The molecule has 0 spiro atoms. The molecule has 2 heterocycles. The summed E-state index contributed by atoms with van der Waals surface area (Å²) in [5, 5.41) is 7.36. The molecule has 1 aliphatic rings. The van der Waals surface area contributed by atoms with Crippen molar-refractivity contribution in [2.24, 2.45) is 0 Å². The highest BCUT2D eigenvalue weighted by Gasteiger charge is 2.32.